The number of hydrogen-bond donors (Lipinski definition) is 1. The number of hydrogen-bond acceptors (Lipinski definition) is 4. The van der Waals surface area contributed by atoms with Crippen LogP contribution in [-0.4, -0.2) is 20.3 Å². The Labute approximate surface area is 149 Å². The molecule has 26 heavy (non-hydrogen) atoms. The van der Waals surface area contributed by atoms with E-state index in [1.54, 1.807) is 12.1 Å². The number of nitrogens with zero attached hydrogens (tertiary/aromatic N) is 3. The molecule has 0 aliphatic heterocycles. The minimum Gasteiger partial charge on any atom is -0.397 e. The lowest BCUT2D eigenvalue weighted by Crippen LogP contribution is -2.23. The third kappa shape index (κ3) is 4.42. The summed E-state index contributed by atoms with van der Waals surface area (Å²) in [4.78, 5) is 20.4. The fourth-order valence-electron chi connectivity index (χ4n) is 3.47. The number of Topliss-reactive ketones (excluding diaryl/α,β-unsaturated/α-hetero) is 1. The highest BCUT2D eigenvalue weighted by Crippen LogP contribution is 2.34. The zero-order valence-electron chi connectivity index (χ0n) is 14.2. The van der Waals surface area contributed by atoms with Crippen molar-refractivity contribution in [3.8, 4) is 0 Å². The van der Waals surface area contributed by atoms with E-state index in [0.29, 0.717) is 23.7 Å². The van der Waals surface area contributed by atoms with Gasteiger partial charge in [-0.3, -0.25) is 9.78 Å². The Morgan fingerprint density at radius 1 is 1.27 bits per heavy atom. The normalized spacial score (nSPS) is 16.7. The summed E-state index contributed by atoms with van der Waals surface area (Å²) in [6.07, 6.45) is 3.77. The SMILES string of the molecule is Nc1ccc(CC(=O)[C@H](CC2CCCC2)n2cnc(C(F)(F)F)c2)nc1. The Morgan fingerprint density at radius 2 is 2.00 bits per heavy atom. The number of carbonyl (C=O) groups excluding carboxylic acids is 1. The van der Waals surface area contributed by atoms with Crippen LogP contribution in [-0.2, 0) is 17.4 Å². The van der Waals surface area contributed by atoms with Crippen LogP contribution in [0.2, 0.25) is 0 Å². The zero-order chi connectivity index (χ0) is 18.7. The molecule has 2 aromatic heterocycles. The maximum Gasteiger partial charge on any atom is 0.434 e. The van der Waals surface area contributed by atoms with Gasteiger partial charge in [0.1, 0.15) is 0 Å². The van der Waals surface area contributed by atoms with Crippen molar-refractivity contribution >= 4 is 11.5 Å². The zero-order valence-corrected chi connectivity index (χ0v) is 14.2. The van der Waals surface area contributed by atoms with Crippen molar-refractivity contribution in [2.45, 2.75) is 50.7 Å². The average Bonchev–Trinajstić information content (AvgIpc) is 3.25. The van der Waals surface area contributed by atoms with E-state index in [9.17, 15) is 18.0 Å². The van der Waals surface area contributed by atoms with Crippen LogP contribution in [0.15, 0.2) is 30.9 Å². The summed E-state index contributed by atoms with van der Waals surface area (Å²) in [6, 6.07) is 2.65. The molecular formula is C18H21F3N4O. The number of anilines is 1. The van der Waals surface area contributed by atoms with Crippen LogP contribution in [0.1, 0.15) is 49.5 Å². The number of nitrogen functional groups attached to an aromatic ring is 1. The molecule has 2 heterocycles. The lowest BCUT2D eigenvalue weighted by atomic mass is 9.94. The Hall–Kier alpha value is -2.38. The summed E-state index contributed by atoms with van der Waals surface area (Å²) in [7, 11) is 0. The van der Waals surface area contributed by atoms with Crippen molar-refractivity contribution in [2.75, 3.05) is 5.73 Å². The van der Waals surface area contributed by atoms with Gasteiger partial charge in [-0.05, 0) is 24.5 Å². The molecule has 1 atom stereocenters. The van der Waals surface area contributed by atoms with Gasteiger partial charge in [0.05, 0.1) is 30.7 Å². The molecule has 1 aliphatic rings. The van der Waals surface area contributed by atoms with Gasteiger partial charge in [-0.15, -0.1) is 0 Å². The molecule has 5 nitrogen and oxygen atoms in total. The van der Waals surface area contributed by atoms with Gasteiger partial charge in [-0.25, -0.2) is 4.98 Å². The van der Waals surface area contributed by atoms with Crippen LogP contribution in [0.25, 0.3) is 0 Å². The largest absolute Gasteiger partial charge is 0.434 e. The molecule has 8 heteroatoms. The molecule has 0 bridgehead atoms. The average molecular weight is 366 g/mol. The predicted octanol–water partition coefficient (Wildman–Crippen LogP) is 3.81. The number of rotatable bonds is 6. The van der Waals surface area contributed by atoms with Crippen molar-refractivity contribution < 1.29 is 18.0 Å². The van der Waals surface area contributed by atoms with E-state index in [4.69, 9.17) is 5.73 Å². The minimum absolute atomic E-state index is 0.0528. The van der Waals surface area contributed by atoms with E-state index in [1.807, 2.05) is 0 Å². The van der Waals surface area contributed by atoms with Gasteiger partial charge < -0.3 is 10.3 Å². The first-order chi connectivity index (χ1) is 12.3. The summed E-state index contributed by atoms with van der Waals surface area (Å²) in [5, 5.41) is 0. The minimum atomic E-state index is -4.52. The summed E-state index contributed by atoms with van der Waals surface area (Å²) < 4.78 is 39.9. The van der Waals surface area contributed by atoms with Crippen molar-refractivity contribution in [1.82, 2.24) is 14.5 Å². The van der Waals surface area contributed by atoms with E-state index >= 15 is 0 Å². The number of imidazole rings is 1. The number of alkyl halides is 3. The highest BCUT2D eigenvalue weighted by molar-refractivity contribution is 5.84. The molecule has 0 unspecified atom stereocenters. The fraction of sp³-hybridized carbons (Fsp3) is 0.500. The number of aromatic nitrogens is 3. The molecule has 0 spiro atoms. The van der Waals surface area contributed by atoms with Crippen molar-refractivity contribution in [2.24, 2.45) is 5.92 Å². The van der Waals surface area contributed by atoms with Gasteiger partial charge in [0, 0.05) is 11.9 Å². The standard InChI is InChI=1S/C18H21F3N4O/c19-18(20,21)17-10-25(11-24-17)15(7-12-3-1-2-4-12)16(26)8-14-6-5-13(22)9-23-14/h5-6,9-12,15H,1-4,7-8,22H2/t15-/m0/s1. The molecular weight excluding hydrogens is 345 g/mol. The monoisotopic (exact) mass is 366 g/mol. The number of nitrogens with two attached hydrogens (primary N) is 1. The maximum absolute atomic E-state index is 12.9. The van der Waals surface area contributed by atoms with Crippen LogP contribution in [0, 0.1) is 5.92 Å². The van der Waals surface area contributed by atoms with E-state index in [0.717, 1.165) is 38.2 Å². The van der Waals surface area contributed by atoms with E-state index in [-0.39, 0.29) is 12.2 Å². The molecule has 140 valence electrons. The molecule has 1 saturated carbocycles. The predicted molar refractivity (Wildman–Crippen MR) is 90.2 cm³/mol. The van der Waals surface area contributed by atoms with Gasteiger partial charge in [0.2, 0.25) is 0 Å². The van der Waals surface area contributed by atoms with Crippen molar-refractivity contribution in [1.29, 1.82) is 0 Å². The lowest BCUT2D eigenvalue weighted by molar-refractivity contribution is -0.141. The molecule has 2 aromatic rings. The number of carbonyl (C=O) groups is 1. The van der Waals surface area contributed by atoms with Crippen LogP contribution in [0.3, 0.4) is 0 Å². The number of pyridine rings is 1. The van der Waals surface area contributed by atoms with Crippen LogP contribution >= 0.6 is 0 Å². The summed E-state index contributed by atoms with van der Waals surface area (Å²) >= 11 is 0. The quantitative estimate of drug-likeness (QED) is 0.844. The maximum atomic E-state index is 12.9. The molecule has 0 saturated heterocycles. The second-order valence-electron chi connectivity index (χ2n) is 6.83. The van der Waals surface area contributed by atoms with Crippen molar-refractivity contribution in [3.63, 3.8) is 0 Å². The lowest BCUT2D eigenvalue weighted by Gasteiger charge is -2.21. The third-order valence-electron chi connectivity index (χ3n) is 4.86. The van der Waals surface area contributed by atoms with Gasteiger partial charge in [-0.1, -0.05) is 25.7 Å². The number of halogens is 3. The Morgan fingerprint density at radius 3 is 2.58 bits per heavy atom. The smallest absolute Gasteiger partial charge is 0.397 e. The van der Waals surface area contributed by atoms with Gasteiger partial charge in [0.15, 0.2) is 11.5 Å². The molecule has 1 aliphatic carbocycles. The molecule has 0 aromatic carbocycles. The van der Waals surface area contributed by atoms with Crippen LogP contribution < -0.4 is 5.73 Å². The van der Waals surface area contributed by atoms with Gasteiger partial charge >= 0.3 is 6.18 Å². The summed E-state index contributed by atoms with van der Waals surface area (Å²) in [5.74, 6) is 0.181. The molecule has 0 amide bonds. The second-order valence-corrected chi connectivity index (χ2v) is 6.83. The highest BCUT2D eigenvalue weighted by atomic mass is 19.4. The van der Waals surface area contributed by atoms with E-state index in [1.165, 1.54) is 10.8 Å². The molecule has 1 fully saturated rings. The summed E-state index contributed by atoms with van der Waals surface area (Å²) in [6.45, 7) is 0. The fourth-order valence-corrected chi connectivity index (χ4v) is 3.47. The Balaban J connectivity index is 1.81. The second kappa shape index (κ2) is 7.47. The van der Waals surface area contributed by atoms with Gasteiger partial charge in [0.25, 0.3) is 0 Å². The first-order valence-corrected chi connectivity index (χ1v) is 8.66. The first-order valence-electron chi connectivity index (χ1n) is 8.66. The Bertz CT molecular complexity index is 749. The van der Waals surface area contributed by atoms with Crippen LogP contribution in [0.4, 0.5) is 18.9 Å². The first kappa shape index (κ1) is 18.4. The number of ketones is 1. The van der Waals surface area contributed by atoms with E-state index in [2.05, 4.69) is 9.97 Å². The van der Waals surface area contributed by atoms with Gasteiger partial charge in [-0.2, -0.15) is 13.2 Å². The topological polar surface area (TPSA) is 73.8 Å². The van der Waals surface area contributed by atoms with Crippen LogP contribution in [0.5, 0.6) is 0 Å². The third-order valence-corrected chi connectivity index (χ3v) is 4.86. The highest BCUT2D eigenvalue weighted by Gasteiger charge is 2.35. The Kier molecular flexibility index (Phi) is 5.29. The molecule has 2 N–H and O–H groups in total. The molecule has 0 radical (unpaired) electrons. The van der Waals surface area contributed by atoms with E-state index < -0.39 is 17.9 Å². The summed E-state index contributed by atoms with van der Waals surface area (Å²) in [5.41, 5.74) is 5.66. The molecule has 3 rings (SSSR count). The van der Waals surface area contributed by atoms with Crippen molar-refractivity contribution in [3.05, 3.63) is 42.2 Å².